The number of ketones is 1. The van der Waals surface area contributed by atoms with Crippen molar-refractivity contribution in [2.24, 2.45) is 29.1 Å². The van der Waals surface area contributed by atoms with E-state index in [9.17, 15) is 19.8 Å². The first-order valence-corrected chi connectivity index (χ1v) is 10.7. The number of carbonyl (C=O) groups is 2. The molecular formula is C24H33NO4. The van der Waals surface area contributed by atoms with Crippen LogP contribution in [0, 0.1) is 29.1 Å². The first-order valence-electron chi connectivity index (χ1n) is 10.7. The Labute approximate surface area is 173 Å². The van der Waals surface area contributed by atoms with E-state index in [2.05, 4.69) is 24.4 Å². The van der Waals surface area contributed by atoms with Crippen LogP contribution in [-0.2, 0) is 9.59 Å². The zero-order valence-electron chi connectivity index (χ0n) is 17.8. The van der Waals surface area contributed by atoms with Crippen LogP contribution in [0.15, 0.2) is 47.8 Å². The van der Waals surface area contributed by atoms with Gasteiger partial charge in [-0.2, -0.15) is 0 Å². The van der Waals surface area contributed by atoms with Gasteiger partial charge < -0.3 is 15.5 Å². The van der Waals surface area contributed by atoms with Crippen LogP contribution in [0.5, 0.6) is 0 Å². The molecule has 1 amide bonds. The van der Waals surface area contributed by atoms with Crippen molar-refractivity contribution in [3.8, 4) is 0 Å². The van der Waals surface area contributed by atoms with E-state index < -0.39 is 29.3 Å². The fraction of sp³-hybridized carbons (Fsp3) is 0.583. The highest BCUT2D eigenvalue weighted by Crippen LogP contribution is 2.56. The standard InChI is InChI=1S/C24H33NO4/c1-5-6-7-8-17-11-10-16-13-14(2)9-12-18(16)24(17,4)22(28)19-21(27)20(15(3)26)25-23(19)29/h5-8,10-11,14-18,20,26,28H,9,12-13H2,1-4H3,(H,25,29)/b6-5+,8-7+,22-19-/t14-,15-,16-,17-,18+,20-,24-/m1/s1. The van der Waals surface area contributed by atoms with Crippen molar-refractivity contribution in [1.82, 2.24) is 5.32 Å². The highest BCUT2D eigenvalue weighted by Gasteiger charge is 2.53. The molecule has 2 fully saturated rings. The van der Waals surface area contributed by atoms with Crippen molar-refractivity contribution < 1.29 is 19.8 Å². The number of hydrogen-bond acceptors (Lipinski definition) is 4. The van der Waals surface area contributed by atoms with E-state index in [0.29, 0.717) is 11.8 Å². The zero-order chi connectivity index (χ0) is 21.3. The maximum atomic E-state index is 12.9. The van der Waals surface area contributed by atoms with Crippen molar-refractivity contribution in [1.29, 1.82) is 0 Å². The Morgan fingerprint density at radius 1 is 1.28 bits per heavy atom. The number of allylic oxidation sites excluding steroid dienone is 7. The van der Waals surface area contributed by atoms with E-state index in [1.165, 1.54) is 6.92 Å². The van der Waals surface area contributed by atoms with Gasteiger partial charge in [0.15, 0.2) is 5.78 Å². The average molecular weight is 400 g/mol. The van der Waals surface area contributed by atoms with Crippen LogP contribution in [0.2, 0.25) is 0 Å². The minimum atomic E-state index is -1.01. The number of nitrogens with one attached hydrogen (secondary N) is 1. The molecule has 0 aromatic carbocycles. The number of Topliss-reactive ketones (excluding diaryl/α,β-unsaturated/α-hetero) is 1. The third-order valence-corrected chi connectivity index (χ3v) is 7.08. The van der Waals surface area contributed by atoms with Crippen LogP contribution in [-0.4, -0.2) is 34.0 Å². The fourth-order valence-electron chi connectivity index (χ4n) is 5.36. The van der Waals surface area contributed by atoms with Gasteiger partial charge in [-0.25, -0.2) is 0 Å². The molecule has 3 aliphatic rings. The average Bonchev–Trinajstić information content (AvgIpc) is 2.97. The predicted molar refractivity (Wildman–Crippen MR) is 113 cm³/mol. The lowest BCUT2D eigenvalue weighted by atomic mass is 9.54. The summed E-state index contributed by atoms with van der Waals surface area (Å²) in [5.41, 5.74) is -0.941. The largest absolute Gasteiger partial charge is 0.511 e. The third-order valence-electron chi connectivity index (χ3n) is 7.08. The predicted octanol–water partition coefficient (Wildman–Crippen LogP) is 3.62. The molecule has 1 saturated carbocycles. The molecule has 1 saturated heterocycles. The molecule has 0 spiro atoms. The van der Waals surface area contributed by atoms with Crippen LogP contribution in [0.25, 0.3) is 0 Å². The molecular weight excluding hydrogens is 366 g/mol. The molecule has 0 aromatic heterocycles. The van der Waals surface area contributed by atoms with Crippen molar-refractivity contribution in [3.05, 3.63) is 47.8 Å². The van der Waals surface area contributed by atoms with E-state index in [4.69, 9.17) is 0 Å². The Kier molecular flexibility index (Phi) is 6.18. The highest BCUT2D eigenvalue weighted by molar-refractivity contribution is 6.27. The van der Waals surface area contributed by atoms with E-state index in [1.807, 2.05) is 38.2 Å². The van der Waals surface area contributed by atoms with E-state index in [0.717, 1.165) is 19.3 Å². The Morgan fingerprint density at radius 3 is 2.62 bits per heavy atom. The molecule has 1 aliphatic heterocycles. The first kappa shape index (κ1) is 21.6. The molecule has 0 bridgehead atoms. The Morgan fingerprint density at radius 2 is 2.00 bits per heavy atom. The van der Waals surface area contributed by atoms with Gasteiger partial charge in [0.1, 0.15) is 17.4 Å². The summed E-state index contributed by atoms with van der Waals surface area (Å²) in [7, 11) is 0. The summed E-state index contributed by atoms with van der Waals surface area (Å²) >= 11 is 0. The maximum Gasteiger partial charge on any atom is 0.259 e. The highest BCUT2D eigenvalue weighted by atomic mass is 16.3. The number of carbonyl (C=O) groups excluding carboxylic acids is 2. The van der Waals surface area contributed by atoms with Gasteiger partial charge in [-0.15, -0.1) is 0 Å². The molecule has 1 heterocycles. The summed E-state index contributed by atoms with van der Waals surface area (Å²) < 4.78 is 0. The summed E-state index contributed by atoms with van der Waals surface area (Å²) in [5, 5.41) is 23.8. The maximum absolute atomic E-state index is 12.9. The summed E-state index contributed by atoms with van der Waals surface area (Å²) in [6.07, 6.45) is 14.2. The molecule has 7 atom stereocenters. The Hall–Kier alpha value is -2.14. The quantitative estimate of drug-likeness (QED) is 0.222. The molecule has 0 radical (unpaired) electrons. The number of hydrogen-bond donors (Lipinski definition) is 3. The number of fused-ring (bicyclic) bond motifs is 1. The summed E-state index contributed by atoms with van der Waals surface area (Å²) in [4.78, 5) is 25.5. The second kappa shape index (κ2) is 8.31. The van der Waals surface area contributed by atoms with Crippen LogP contribution in [0.3, 0.4) is 0 Å². The molecule has 5 heteroatoms. The molecule has 0 aromatic rings. The normalized spacial score (nSPS) is 40.4. The SMILES string of the molecule is C/C=C/C=C/[C@@H]1C=C[C@@H]2C[C@H](C)CC[C@@H]2[C@]1(C)/C(O)=C1/C(=O)N[C@H]([C@@H](C)O)C1=O. The molecule has 3 N–H and O–H groups in total. The minimum absolute atomic E-state index is 0.132. The Bertz CT molecular complexity index is 791. The topological polar surface area (TPSA) is 86.6 Å². The molecule has 5 nitrogen and oxygen atoms in total. The van der Waals surface area contributed by atoms with Crippen molar-refractivity contribution in [2.45, 2.75) is 59.1 Å². The van der Waals surface area contributed by atoms with Gasteiger partial charge >= 0.3 is 0 Å². The molecule has 0 unspecified atom stereocenters. The van der Waals surface area contributed by atoms with E-state index in [1.54, 1.807) is 0 Å². The number of aliphatic hydroxyl groups excluding tert-OH is 2. The van der Waals surface area contributed by atoms with Gasteiger partial charge in [-0.1, -0.05) is 56.7 Å². The van der Waals surface area contributed by atoms with Crippen LogP contribution >= 0.6 is 0 Å². The van der Waals surface area contributed by atoms with Gasteiger partial charge in [0.25, 0.3) is 5.91 Å². The number of rotatable bonds is 4. The second-order valence-electron chi connectivity index (χ2n) is 9.07. The van der Waals surface area contributed by atoms with E-state index in [-0.39, 0.29) is 23.2 Å². The molecule has 29 heavy (non-hydrogen) atoms. The van der Waals surface area contributed by atoms with Gasteiger partial charge in [0.05, 0.1) is 6.10 Å². The summed E-state index contributed by atoms with van der Waals surface area (Å²) in [6.45, 7) is 7.64. The molecule has 3 rings (SSSR count). The van der Waals surface area contributed by atoms with Crippen molar-refractivity contribution in [3.63, 3.8) is 0 Å². The summed E-state index contributed by atoms with van der Waals surface area (Å²) in [5.74, 6) is -0.306. The minimum Gasteiger partial charge on any atom is -0.511 e. The van der Waals surface area contributed by atoms with Gasteiger partial charge in [-0.3, -0.25) is 9.59 Å². The molecule has 158 valence electrons. The van der Waals surface area contributed by atoms with Crippen LogP contribution in [0.1, 0.15) is 47.0 Å². The van der Waals surface area contributed by atoms with Crippen molar-refractivity contribution in [2.75, 3.05) is 0 Å². The lowest BCUT2D eigenvalue weighted by Gasteiger charge is -2.50. The van der Waals surface area contributed by atoms with Crippen LogP contribution in [0.4, 0.5) is 0 Å². The fourth-order valence-corrected chi connectivity index (χ4v) is 5.36. The molecule has 2 aliphatic carbocycles. The smallest absolute Gasteiger partial charge is 0.259 e. The van der Waals surface area contributed by atoms with Gasteiger partial charge in [0, 0.05) is 11.3 Å². The monoisotopic (exact) mass is 399 g/mol. The van der Waals surface area contributed by atoms with Gasteiger partial charge in [-0.05, 0) is 44.4 Å². The first-order chi connectivity index (χ1) is 13.7. The third kappa shape index (κ3) is 3.73. The number of amides is 1. The number of aliphatic hydroxyl groups is 2. The van der Waals surface area contributed by atoms with Crippen molar-refractivity contribution >= 4 is 11.7 Å². The Balaban J connectivity index is 2.11. The summed E-state index contributed by atoms with van der Waals surface area (Å²) in [6, 6.07) is -0.999. The van der Waals surface area contributed by atoms with Crippen LogP contribution < -0.4 is 5.32 Å². The second-order valence-corrected chi connectivity index (χ2v) is 9.07. The lowest BCUT2D eigenvalue weighted by molar-refractivity contribution is -0.118. The lowest BCUT2D eigenvalue weighted by Crippen LogP contribution is -2.45. The van der Waals surface area contributed by atoms with Gasteiger partial charge in [0.2, 0.25) is 0 Å². The zero-order valence-corrected chi connectivity index (χ0v) is 17.8. The van der Waals surface area contributed by atoms with E-state index >= 15 is 0 Å².